The van der Waals surface area contributed by atoms with E-state index in [0.29, 0.717) is 17.9 Å². The Labute approximate surface area is 177 Å². The number of likely N-dealkylation sites (N-methyl/N-ethyl adjacent to an activating group) is 1. The normalized spacial score (nSPS) is 16.0. The minimum Gasteiger partial charge on any atom is -0.326 e. The Balaban J connectivity index is 1.57. The lowest BCUT2D eigenvalue weighted by Gasteiger charge is -2.25. The molecule has 0 radical (unpaired) electrons. The molecule has 30 heavy (non-hydrogen) atoms. The summed E-state index contributed by atoms with van der Waals surface area (Å²) >= 11 is 0. The second kappa shape index (κ2) is 9.54. The molecule has 0 aliphatic carbocycles. The topological polar surface area (TPSA) is 83.0 Å². The summed E-state index contributed by atoms with van der Waals surface area (Å²) in [7, 11) is 0. The van der Waals surface area contributed by atoms with E-state index in [1.54, 1.807) is 24.3 Å². The molecule has 0 saturated carbocycles. The molecule has 1 aliphatic rings. The van der Waals surface area contributed by atoms with Gasteiger partial charge in [0.05, 0.1) is 6.54 Å². The summed E-state index contributed by atoms with van der Waals surface area (Å²) in [5.74, 6) is -0.257. The van der Waals surface area contributed by atoms with Gasteiger partial charge < -0.3 is 20.4 Å². The van der Waals surface area contributed by atoms with Crippen molar-refractivity contribution in [2.24, 2.45) is 0 Å². The van der Waals surface area contributed by atoms with Crippen LogP contribution in [0.25, 0.3) is 0 Å². The fourth-order valence-corrected chi connectivity index (χ4v) is 3.83. The first kappa shape index (κ1) is 21.5. The molecule has 2 aromatic rings. The Hall–Kier alpha value is -3.19. The number of hydrogen-bond donors (Lipinski definition) is 3. The predicted octanol–water partition coefficient (Wildman–Crippen LogP) is 1.47. The number of carbonyl (C=O) groups is 3. The van der Waals surface area contributed by atoms with Gasteiger partial charge in [0.2, 0.25) is 5.91 Å². The maximum absolute atomic E-state index is 13.0. The van der Waals surface area contributed by atoms with Crippen molar-refractivity contribution in [3.63, 3.8) is 0 Å². The molecule has 0 bridgehead atoms. The number of amides is 3. The Morgan fingerprint density at radius 2 is 1.63 bits per heavy atom. The number of anilines is 3. The van der Waals surface area contributed by atoms with E-state index in [0.717, 1.165) is 17.0 Å². The highest BCUT2D eigenvalue weighted by molar-refractivity contribution is 5.97. The molecule has 0 fully saturated rings. The van der Waals surface area contributed by atoms with Crippen molar-refractivity contribution in [1.82, 2.24) is 0 Å². The first-order valence-electron chi connectivity index (χ1n) is 10.3. The summed E-state index contributed by atoms with van der Waals surface area (Å²) in [4.78, 5) is 39.3. The summed E-state index contributed by atoms with van der Waals surface area (Å²) < 4.78 is 0. The molecule has 158 valence electrons. The van der Waals surface area contributed by atoms with E-state index in [4.69, 9.17) is 0 Å². The van der Waals surface area contributed by atoms with Crippen LogP contribution in [-0.4, -0.2) is 43.4 Å². The van der Waals surface area contributed by atoms with Crippen molar-refractivity contribution >= 4 is 34.8 Å². The lowest BCUT2D eigenvalue weighted by atomic mass is 10.1. The molecule has 1 unspecified atom stereocenters. The molecule has 0 saturated heterocycles. The molecule has 3 rings (SSSR count). The molecule has 0 aromatic heterocycles. The highest BCUT2D eigenvalue weighted by Crippen LogP contribution is 2.31. The Bertz CT molecular complexity index is 926. The van der Waals surface area contributed by atoms with Crippen LogP contribution >= 0.6 is 0 Å². The van der Waals surface area contributed by atoms with Crippen LogP contribution < -0.4 is 20.4 Å². The number of para-hydroxylation sites is 1. The number of carbonyl (C=O) groups excluding carboxylic acids is 3. The van der Waals surface area contributed by atoms with Gasteiger partial charge in [0.15, 0.2) is 13.1 Å². The average Bonchev–Trinajstić information content (AvgIpc) is 3.04. The van der Waals surface area contributed by atoms with Crippen molar-refractivity contribution in [3.8, 4) is 0 Å². The molecule has 2 atom stereocenters. The fourth-order valence-electron chi connectivity index (χ4n) is 3.83. The van der Waals surface area contributed by atoms with Gasteiger partial charge in [-0.25, -0.2) is 0 Å². The zero-order valence-corrected chi connectivity index (χ0v) is 17.7. The van der Waals surface area contributed by atoms with Gasteiger partial charge in [0.1, 0.15) is 0 Å². The van der Waals surface area contributed by atoms with Crippen LogP contribution in [0, 0.1) is 0 Å². The van der Waals surface area contributed by atoms with Gasteiger partial charge in [-0.2, -0.15) is 0 Å². The van der Waals surface area contributed by atoms with Gasteiger partial charge in [-0.15, -0.1) is 0 Å². The monoisotopic (exact) mass is 409 g/mol. The van der Waals surface area contributed by atoms with Crippen LogP contribution in [0.1, 0.15) is 26.3 Å². The molecule has 1 heterocycles. The smallest absolute Gasteiger partial charge is 0.282 e. The minimum absolute atomic E-state index is 0.0387. The molecule has 3 N–H and O–H groups in total. The van der Waals surface area contributed by atoms with Crippen molar-refractivity contribution in [1.29, 1.82) is 0 Å². The quantitative estimate of drug-likeness (QED) is 0.648. The van der Waals surface area contributed by atoms with Crippen molar-refractivity contribution < 1.29 is 19.3 Å². The number of benzene rings is 2. The lowest BCUT2D eigenvalue weighted by Crippen LogP contribution is -3.14. The zero-order valence-electron chi connectivity index (χ0n) is 17.7. The van der Waals surface area contributed by atoms with E-state index in [-0.39, 0.29) is 36.9 Å². The SMILES string of the molecule is CC[NH+](CC(=O)Nc1ccc(NC(C)=O)cc1)CC(=O)N1c2ccccc2C[C@@H]1C. The molecular weight excluding hydrogens is 380 g/mol. The molecular formula is C23H29N4O3+. The summed E-state index contributed by atoms with van der Waals surface area (Å²) in [5.41, 5.74) is 3.50. The third-order valence-electron chi connectivity index (χ3n) is 5.28. The van der Waals surface area contributed by atoms with Gasteiger partial charge >= 0.3 is 0 Å². The van der Waals surface area contributed by atoms with Gasteiger partial charge in [0.25, 0.3) is 11.8 Å². The molecule has 7 heteroatoms. The van der Waals surface area contributed by atoms with E-state index in [2.05, 4.69) is 23.6 Å². The summed E-state index contributed by atoms with van der Waals surface area (Å²) in [5, 5.41) is 5.54. The van der Waals surface area contributed by atoms with Crippen molar-refractivity contribution in [2.75, 3.05) is 35.2 Å². The number of fused-ring (bicyclic) bond motifs is 1. The molecule has 0 spiro atoms. The largest absolute Gasteiger partial charge is 0.326 e. The average molecular weight is 410 g/mol. The van der Waals surface area contributed by atoms with Crippen LogP contribution in [0.4, 0.5) is 17.1 Å². The second-order valence-electron chi connectivity index (χ2n) is 7.71. The Morgan fingerprint density at radius 3 is 2.27 bits per heavy atom. The van der Waals surface area contributed by atoms with E-state index in [1.165, 1.54) is 12.5 Å². The number of rotatable bonds is 7. The first-order chi connectivity index (χ1) is 14.4. The standard InChI is InChI=1S/C23H28N4O3/c1-4-26(14-22(29)25-20-11-9-19(10-12-20)24-17(3)28)15-23(30)27-16(2)13-18-7-5-6-8-21(18)27/h5-12,16H,4,13-15H2,1-3H3,(H,24,28)(H,25,29)/p+1/t16-/m0/s1. The van der Waals surface area contributed by atoms with Gasteiger partial charge in [-0.1, -0.05) is 18.2 Å². The minimum atomic E-state index is -0.151. The highest BCUT2D eigenvalue weighted by atomic mass is 16.2. The summed E-state index contributed by atoms with van der Waals surface area (Å²) in [6, 6.07) is 15.1. The van der Waals surface area contributed by atoms with Gasteiger partial charge in [-0.3, -0.25) is 14.4 Å². The van der Waals surface area contributed by atoms with Crippen LogP contribution in [0.2, 0.25) is 0 Å². The third kappa shape index (κ3) is 5.24. The van der Waals surface area contributed by atoms with Crippen LogP contribution in [0.5, 0.6) is 0 Å². The molecule has 2 aromatic carbocycles. The first-order valence-corrected chi connectivity index (χ1v) is 10.3. The Morgan fingerprint density at radius 1 is 1.00 bits per heavy atom. The van der Waals surface area contributed by atoms with E-state index in [1.807, 2.05) is 30.0 Å². The fraction of sp³-hybridized carbons (Fsp3) is 0.348. The van der Waals surface area contributed by atoms with Crippen LogP contribution in [0.3, 0.4) is 0 Å². The molecule has 3 amide bonds. The van der Waals surface area contributed by atoms with Crippen LogP contribution in [-0.2, 0) is 20.8 Å². The second-order valence-corrected chi connectivity index (χ2v) is 7.71. The number of quaternary nitrogens is 1. The van der Waals surface area contributed by atoms with E-state index < -0.39 is 0 Å². The maximum atomic E-state index is 13.0. The predicted molar refractivity (Wildman–Crippen MR) is 118 cm³/mol. The lowest BCUT2D eigenvalue weighted by molar-refractivity contribution is -0.881. The zero-order chi connectivity index (χ0) is 21.7. The third-order valence-corrected chi connectivity index (χ3v) is 5.28. The number of hydrogen-bond acceptors (Lipinski definition) is 3. The van der Waals surface area contributed by atoms with E-state index in [9.17, 15) is 14.4 Å². The van der Waals surface area contributed by atoms with Crippen molar-refractivity contribution in [3.05, 3.63) is 54.1 Å². The molecule has 7 nitrogen and oxygen atoms in total. The number of nitrogens with zero attached hydrogens (tertiary/aromatic N) is 1. The van der Waals surface area contributed by atoms with E-state index >= 15 is 0 Å². The van der Waals surface area contributed by atoms with Crippen molar-refractivity contribution in [2.45, 2.75) is 33.2 Å². The summed E-state index contributed by atoms with van der Waals surface area (Å²) in [6.07, 6.45) is 0.859. The molecule has 1 aliphatic heterocycles. The highest BCUT2D eigenvalue weighted by Gasteiger charge is 2.32. The number of nitrogens with one attached hydrogen (secondary N) is 3. The van der Waals surface area contributed by atoms with Gasteiger partial charge in [-0.05, 0) is 56.2 Å². The van der Waals surface area contributed by atoms with Crippen LogP contribution in [0.15, 0.2) is 48.5 Å². The Kier molecular flexibility index (Phi) is 6.84. The maximum Gasteiger partial charge on any atom is 0.282 e. The summed E-state index contributed by atoms with van der Waals surface area (Å²) in [6.45, 7) is 6.62. The van der Waals surface area contributed by atoms with Gasteiger partial charge in [0, 0.05) is 30.0 Å².